The van der Waals surface area contributed by atoms with Gasteiger partial charge in [0.15, 0.2) is 0 Å². The smallest absolute Gasteiger partial charge is 0.0491 e. The second kappa shape index (κ2) is 3.57. The van der Waals surface area contributed by atoms with Gasteiger partial charge in [-0.25, -0.2) is 0 Å². The number of rotatable bonds is 3. The summed E-state index contributed by atoms with van der Waals surface area (Å²) in [5.41, 5.74) is 1.64. The molecule has 0 bridgehead atoms. The second-order valence-corrected chi connectivity index (χ2v) is 5.56. The zero-order chi connectivity index (χ0) is 11.2. The van der Waals surface area contributed by atoms with E-state index in [-0.39, 0.29) is 5.41 Å². The molecule has 1 aliphatic heterocycles. The molecule has 2 atom stereocenters. The largest absolute Gasteiger partial charge is 0.396 e. The van der Waals surface area contributed by atoms with Gasteiger partial charge in [0, 0.05) is 26.2 Å². The maximum absolute atomic E-state index is 9.33. The topological polar surface area (TPSA) is 23.5 Å². The van der Waals surface area contributed by atoms with Crippen LogP contribution >= 0.6 is 0 Å². The van der Waals surface area contributed by atoms with E-state index < -0.39 is 0 Å². The molecule has 86 valence electrons. The highest BCUT2D eigenvalue weighted by molar-refractivity contribution is 5.18. The first kappa shape index (κ1) is 10.3. The van der Waals surface area contributed by atoms with Gasteiger partial charge in [0.05, 0.1) is 0 Å². The predicted octanol–water partition coefficient (Wildman–Crippen LogP) is 1.75. The van der Waals surface area contributed by atoms with Gasteiger partial charge in [-0.2, -0.15) is 0 Å². The van der Waals surface area contributed by atoms with Crippen LogP contribution in [0.4, 0.5) is 0 Å². The first-order valence-electron chi connectivity index (χ1n) is 6.11. The highest BCUT2D eigenvalue weighted by Gasteiger charge is 2.64. The number of fused-ring (bicyclic) bond motifs is 1. The molecule has 1 saturated carbocycles. The van der Waals surface area contributed by atoms with Gasteiger partial charge in [0.1, 0.15) is 0 Å². The van der Waals surface area contributed by atoms with Crippen LogP contribution in [0.15, 0.2) is 30.3 Å². The lowest BCUT2D eigenvalue weighted by molar-refractivity contribution is 0.160. The van der Waals surface area contributed by atoms with E-state index in [4.69, 9.17) is 0 Å². The van der Waals surface area contributed by atoms with Crippen molar-refractivity contribution in [2.24, 2.45) is 17.3 Å². The lowest BCUT2D eigenvalue weighted by Crippen LogP contribution is -2.28. The number of benzene rings is 1. The fourth-order valence-electron chi connectivity index (χ4n) is 3.27. The molecule has 3 rings (SSSR count). The predicted molar refractivity (Wildman–Crippen MR) is 63.9 cm³/mol. The van der Waals surface area contributed by atoms with Crippen molar-refractivity contribution >= 4 is 0 Å². The summed E-state index contributed by atoms with van der Waals surface area (Å²) in [6.45, 7) is 5.98. The molecule has 1 saturated heterocycles. The Morgan fingerprint density at radius 1 is 1.25 bits per heavy atom. The molecule has 0 amide bonds. The summed E-state index contributed by atoms with van der Waals surface area (Å²) in [6, 6.07) is 10.6. The molecule has 1 aliphatic carbocycles. The molecule has 0 spiro atoms. The van der Waals surface area contributed by atoms with Gasteiger partial charge in [0.2, 0.25) is 0 Å². The summed E-state index contributed by atoms with van der Waals surface area (Å²) in [5, 5.41) is 9.33. The van der Waals surface area contributed by atoms with Crippen LogP contribution in [0.2, 0.25) is 0 Å². The van der Waals surface area contributed by atoms with Crippen molar-refractivity contribution in [3.8, 4) is 0 Å². The molecule has 2 fully saturated rings. The van der Waals surface area contributed by atoms with Crippen LogP contribution in [0.25, 0.3) is 0 Å². The van der Waals surface area contributed by atoms with Crippen LogP contribution in [-0.2, 0) is 6.54 Å². The Balaban J connectivity index is 1.59. The van der Waals surface area contributed by atoms with Gasteiger partial charge >= 0.3 is 0 Å². The second-order valence-electron chi connectivity index (χ2n) is 5.56. The number of likely N-dealkylation sites (tertiary alicyclic amines) is 1. The van der Waals surface area contributed by atoms with Gasteiger partial charge < -0.3 is 5.11 Å². The molecule has 2 unspecified atom stereocenters. The van der Waals surface area contributed by atoms with Crippen LogP contribution in [0, 0.1) is 17.3 Å². The highest BCUT2D eigenvalue weighted by Crippen LogP contribution is 2.62. The summed E-state index contributed by atoms with van der Waals surface area (Å²) in [5.74, 6) is 1.47. The first-order chi connectivity index (χ1) is 7.74. The molecule has 0 radical (unpaired) electrons. The van der Waals surface area contributed by atoms with Crippen LogP contribution in [0.5, 0.6) is 0 Å². The maximum atomic E-state index is 9.33. The van der Waals surface area contributed by atoms with Crippen LogP contribution in [-0.4, -0.2) is 29.7 Å². The number of aliphatic hydroxyl groups excluding tert-OH is 1. The Labute approximate surface area is 96.9 Å². The van der Waals surface area contributed by atoms with Crippen molar-refractivity contribution < 1.29 is 5.11 Å². The summed E-state index contributed by atoms with van der Waals surface area (Å²) < 4.78 is 0. The molecule has 2 heteroatoms. The first-order valence-corrected chi connectivity index (χ1v) is 6.11. The number of piperidine rings is 1. The minimum absolute atomic E-state index is 0.243. The molecule has 1 N–H and O–H groups in total. The third-order valence-corrected chi connectivity index (χ3v) is 4.57. The third kappa shape index (κ3) is 1.48. The molecule has 0 aromatic heterocycles. The van der Waals surface area contributed by atoms with Crippen molar-refractivity contribution in [3.05, 3.63) is 35.9 Å². The molecular formula is C14H19NO. The van der Waals surface area contributed by atoms with Gasteiger partial charge in [0.25, 0.3) is 0 Å². The van der Waals surface area contributed by atoms with Crippen molar-refractivity contribution in [2.75, 3.05) is 19.7 Å². The SMILES string of the molecule is CC1(CO)C2CN(Cc3ccccc3)CC21. The zero-order valence-electron chi connectivity index (χ0n) is 9.76. The fraction of sp³-hybridized carbons (Fsp3) is 0.571. The Morgan fingerprint density at radius 3 is 2.44 bits per heavy atom. The maximum Gasteiger partial charge on any atom is 0.0491 e. The third-order valence-electron chi connectivity index (χ3n) is 4.57. The average Bonchev–Trinajstić information content (AvgIpc) is 2.69. The van der Waals surface area contributed by atoms with E-state index in [2.05, 4.69) is 42.2 Å². The van der Waals surface area contributed by atoms with Crippen molar-refractivity contribution in [1.29, 1.82) is 0 Å². The van der Waals surface area contributed by atoms with Crippen molar-refractivity contribution in [2.45, 2.75) is 13.5 Å². The van der Waals surface area contributed by atoms with E-state index in [1.807, 2.05) is 0 Å². The van der Waals surface area contributed by atoms with Crippen LogP contribution in [0.3, 0.4) is 0 Å². The molecular weight excluding hydrogens is 198 g/mol. The standard InChI is InChI=1S/C14H19NO/c1-14(10-16)12-8-15(9-13(12)14)7-11-5-3-2-4-6-11/h2-6,12-13,16H,7-10H2,1H3. The van der Waals surface area contributed by atoms with Gasteiger partial charge in [-0.15, -0.1) is 0 Å². The van der Waals surface area contributed by atoms with E-state index in [1.54, 1.807) is 0 Å². The minimum Gasteiger partial charge on any atom is -0.396 e. The van der Waals surface area contributed by atoms with E-state index in [1.165, 1.54) is 5.56 Å². The lowest BCUT2D eigenvalue weighted by Gasteiger charge is -2.22. The molecule has 2 nitrogen and oxygen atoms in total. The normalized spacial score (nSPS) is 37.4. The molecule has 16 heavy (non-hydrogen) atoms. The lowest BCUT2D eigenvalue weighted by atomic mass is 10.0. The average molecular weight is 217 g/mol. The monoisotopic (exact) mass is 217 g/mol. The van der Waals surface area contributed by atoms with E-state index in [0.717, 1.165) is 31.5 Å². The Bertz CT molecular complexity index is 364. The zero-order valence-corrected chi connectivity index (χ0v) is 9.76. The number of hydrogen-bond acceptors (Lipinski definition) is 2. The number of aliphatic hydroxyl groups is 1. The summed E-state index contributed by atoms with van der Waals surface area (Å²) in [7, 11) is 0. The molecule has 1 heterocycles. The molecule has 1 aromatic rings. The Morgan fingerprint density at radius 2 is 1.88 bits per heavy atom. The van der Waals surface area contributed by atoms with E-state index >= 15 is 0 Å². The van der Waals surface area contributed by atoms with E-state index in [0.29, 0.717) is 6.61 Å². The Hall–Kier alpha value is -0.860. The van der Waals surface area contributed by atoms with Crippen molar-refractivity contribution in [3.63, 3.8) is 0 Å². The highest BCUT2D eigenvalue weighted by atomic mass is 16.3. The summed E-state index contributed by atoms with van der Waals surface area (Å²) in [6.07, 6.45) is 0. The van der Waals surface area contributed by atoms with Gasteiger partial charge in [-0.3, -0.25) is 4.90 Å². The van der Waals surface area contributed by atoms with Crippen molar-refractivity contribution in [1.82, 2.24) is 4.90 Å². The molecule has 1 aromatic carbocycles. The minimum atomic E-state index is 0.243. The Kier molecular flexibility index (Phi) is 2.30. The van der Waals surface area contributed by atoms with E-state index in [9.17, 15) is 5.11 Å². The van der Waals surface area contributed by atoms with Crippen LogP contribution in [0.1, 0.15) is 12.5 Å². The fourth-order valence-corrected chi connectivity index (χ4v) is 3.27. The quantitative estimate of drug-likeness (QED) is 0.833. The summed E-state index contributed by atoms with van der Waals surface area (Å²) >= 11 is 0. The van der Waals surface area contributed by atoms with Gasteiger partial charge in [-0.05, 0) is 22.8 Å². The van der Waals surface area contributed by atoms with Crippen LogP contribution < -0.4 is 0 Å². The van der Waals surface area contributed by atoms with Gasteiger partial charge in [-0.1, -0.05) is 37.3 Å². The number of nitrogens with zero attached hydrogens (tertiary/aromatic N) is 1. The number of hydrogen-bond donors (Lipinski definition) is 1. The summed E-state index contributed by atoms with van der Waals surface area (Å²) in [4.78, 5) is 2.52. The molecule has 2 aliphatic rings.